The van der Waals surface area contributed by atoms with Gasteiger partial charge in [0.2, 0.25) is 0 Å². The summed E-state index contributed by atoms with van der Waals surface area (Å²) in [7, 11) is 0. The maximum Gasteiger partial charge on any atom is 0.295 e. The number of rotatable bonds is 9. The van der Waals surface area contributed by atoms with Crippen LogP contribution in [0.2, 0.25) is 0 Å². The van der Waals surface area contributed by atoms with Gasteiger partial charge in [-0.1, -0.05) is 32.9 Å². The Balaban J connectivity index is 2.12. The van der Waals surface area contributed by atoms with Crippen LogP contribution in [0.15, 0.2) is 48.0 Å². The molecule has 7 heteroatoms. The van der Waals surface area contributed by atoms with Gasteiger partial charge in [0.05, 0.1) is 24.3 Å². The van der Waals surface area contributed by atoms with E-state index in [1.807, 2.05) is 47.6 Å². The highest BCUT2D eigenvalue weighted by Gasteiger charge is 2.46. The predicted molar refractivity (Wildman–Crippen MR) is 139 cm³/mol. The summed E-state index contributed by atoms with van der Waals surface area (Å²) in [4.78, 5) is 27.8. The summed E-state index contributed by atoms with van der Waals surface area (Å²) in [6.45, 7) is 13.1. The predicted octanol–water partition coefficient (Wildman–Crippen LogP) is 5.33. The largest absolute Gasteiger partial charge is 0.508 e. The van der Waals surface area contributed by atoms with Gasteiger partial charge in [0.15, 0.2) is 0 Å². The number of ether oxygens (including phenoxy) is 2. The SMILES string of the molecule is CCOc1ccc(/C(O)=C2/C(=O)C(=O)N(CCCOC(C)C)C2c2cccc(O)c2)cc1C(C)(C)C. The number of hydrogen-bond acceptors (Lipinski definition) is 6. The molecule has 1 saturated heterocycles. The molecule has 0 radical (unpaired) electrons. The third-order valence-electron chi connectivity index (χ3n) is 6.08. The van der Waals surface area contributed by atoms with Crippen LogP contribution in [-0.4, -0.2) is 52.7 Å². The molecule has 194 valence electrons. The smallest absolute Gasteiger partial charge is 0.295 e. The zero-order valence-electron chi connectivity index (χ0n) is 22.0. The van der Waals surface area contributed by atoms with Crippen molar-refractivity contribution in [3.05, 3.63) is 64.7 Å². The second kappa shape index (κ2) is 11.2. The van der Waals surface area contributed by atoms with Gasteiger partial charge < -0.3 is 24.6 Å². The van der Waals surface area contributed by atoms with Gasteiger partial charge in [0.1, 0.15) is 17.3 Å². The molecular formula is C29H37NO6. The van der Waals surface area contributed by atoms with Crippen molar-refractivity contribution in [3.8, 4) is 11.5 Å². The molecule has 36 heavy (non-hydrogen) atoms. The Kier molecular flexibility index (Phi) is 8.46. The van der Waals surface area contributed by atoms with Crippen LogP contribution in [0.25, 0.3) is 5.76 Å². The molecule has 2 N–H and O–H groups in total. The van der Waals surface area contributed by atoms with E-state index in [9.17, 15) is 19.8 Å². The Bertz CT molecular complexity index is 1140. The molecule has 1 amide bonds. The molecule has 1 unspecified atom stereocenters. The number of amides is 1. The summed E-state index contributed by atoms with van der Waals surface area (Å²) in [5.41, 5.74) is 1.56. The van der Waals surface area contributed by atoms with Crippen molar-refractivity contribution in [1.29, 1.82) is 0 Å². The lowest BCUT2D eigenvalue weighted by atomic mass is 9.84. The molecule has 1 aliphatic rings. The van der Waals surface area contributed by atoms with Crippen molar-refractivity contribution in [2.45, 2.75) is 65.5 Å². The van der Waals surface area contributed by atoms with Crippen LogP contribution >= 0.6 is 0 Å². The van der Waals surface area contributed by atoms with E-state index in [0.717, 1.165) is 5.56 Å². The van der Waals surface area contributed by atoms with Crippen LogP contribution in [0.4, 0.5) is 0 Å². The summed E-state index contributed by atoms with van der Waals surface area (Å²) in [6, 6.07) is 10.9. The maximum atomic E-state index is 13.3. The normalized spacial score (nSPS) is 17.8. The number of carbonyl (C=O) groups excluding carboxylic acids is 2. The minimum absolute atomic E-state index is 0.000558. The third-order valence-corrected chi connectivity index (χ3v) is 6.08. The lowest BCUT2D eigenvalue weighted by Crippen LogP contribution is -2.31. The molecule has 0 aromatic heterocycles. The zero-order chi connectivity index (χ0) is 26.6. The lowest BCUT2D eigenvalue weighted by molar-refractivity contribution is -0.140. The van der Waals surface area contributed by atoms with Crippen molar-refractivity contribution >= 4 is 17.4 Å². The summed E-state index contributed by atoms with van der Waals surface area (Å²) < 4.78 is 11.4. The van der Waals surface area contributed by atoms with Crippen LogP contribution in [0, 0.1) is 0 Å². The van der Waals surface area contributed by atoms with Gasteiger partial charge in [0, 0.05) is 24.3 Å². The number of Topliss-reactive ketones (excluding diaryl/α,β-unsaturated/α-hetero) is 1. The average Bonchev–Trinajstić information content (AvgIpc) is 3.06. The van der Waals surface area contributed by atoms with Crippen LogP contribution in [0.5, 0.6) is 11.5 Å². The molecule has 0 bridgehead atoms. The Morgan fingerprint density at radius 2 is 1.83 bits per heavy atom. The van der Waals surface area contributed by atoms with Crippen molar-refractivity contribution in [1.82, 2.24) is 4.90 Å². The first kappa shape index (κ1) is 27.3. The average molecular weight is 496 g/mol. The van der Waals surface area contributed by atoms with Crippen molar-refractivity contribution in [2.24, 2.45) is 0 Å². The number of nitrogens with zero attached hydrogens (tertiary/aromatic N) is 1. The highest BCUT2D eigenvalue weighted by atomic mass is 16.5. The van der Waals surface area contributed by atoms with E-state index in [-0.39, 0.29) is 35.1 Å². The summed E-state index contributed by atoms with van der Waals surface area (Å²) >= 11 is 0. The number of benzene rings is 2. The molecule has 1 aliphatic heterocycles. The number of carbonyl (C=O) groups is 2. The molecule has 2 aromatic carbocycles. The molecule has 0 saturated carbocycles. The summed E-state index contributed by atoms with van der Waals surface area (Å²) in [6.07, 6.45) is 0.580. The van der Waals surface area contributed by atoms with Gasteiger partial charge in [-0.05, 0) is 68.5 Å². The molecule has 7 nitrogen and oxygen atoms in total. The molecule has 1 atom stereocenters. The Morgan fingerprint density at radius 3 is 2.44 bits per heavy atom. The number of ketones is 1. The second-order valence-corrected chi connectivity index (χ2v) is 10.3. The van der Waals surface area contributed by atoms with Crippen molar-refractivity contribution < 1.29 is 29.3 Å². The number of likely N-dealkylation sites (tertiary alicyclic amines) is 1. The lowest BCUT2D eigenvalue weighted by Gasteiger charge is -2.26. The molecule has 0 spiro atoms. The summed E-state index contributed by atoms with van der Waals surface area (Å²) in [5.74, 6) is -0.974. The van der Waals surface area contributed by atoms with Gasteiger partial charge in [-0.15, -0.1) is 0 Å². The van der Waals surface area contributed by atoms with E-state index in [4.69, 9.17) is 9.47 Å². The Labute approximate surface area is 213 Å². The summed E-state index contributed by atoms with van der Waals surface area (Å²) in [5, 5.41) is 21.5. The fourth-order valence-electron chi connectivity index (χ4n) is 4.41. The van der Waals surface area contributed by atoms with Crippen LogP contribution in [0.3, 0.4) is 0 Å². The molecular weight excluding hydrogens is 458 g/mol. The topological polar surface area (TPSA) is 96.3 Å². The number of aliphatic hydroxyl groups is 1. The maximum absolute atomic E-state index is 13.3. The molecule has 3 rings (SSSR count). The number of phenolic OH excluding ortho intramolecular Hbond substituents is 1. The van der Waals surface area contributed by atoms with E-state index in [1.54, 1.807) is 24.3 Å². The van der Waals surface area contributed by atoms with E-state index in [1.165, 1.54) is 17.0 Å². The van der Waals surface area contributed by atoms with Gasteiger partial charge in [-0.25, -0.2) is 0 Å². The first-order chi connectivity index (χ1) is 17.0. The minimum Gasteiger partial charge on any atom is -0.508 e. The number of aliphatic hydroxyl groups excluding tert-OH is 1. The van der Waals surface area contributed by atoms with Crippen LogP contribution in [-0.2, 0) is 19.7 Å². The van der Waals surface area contributed by atoms with E-state index in [2.05, 4.69) is 0 Å². The quantitative estimate of drug-likeness (QED) is 0.211. The van der Waals surface area contributed by atoms with Crippen LogP contribution in [0.1, 0.15) is 70.7 Å². The highest BCUT2D eigenvalue weighted by Crippen LogP contribution is 2.41. The van der Waals surface area contributed by atoms with Gasteiger partial charge in [0.25, 0.3) is 11.7 Å². The van der Waals surface area contributed by atoms with Crippen LogP contribution < -0.4 is 4.74 Å². The third kappa shape index (κ3) is 5.90. The number of hydrogen-bond donors (Lipinski definition) is 2. The van der Waals surface area contributed by atoms with Gasteiger partial charge >= 0.3 is 0 Å². The molecule has 0 aliphatic carbocycles. The fraction of sp³-hybridized carbons (Fsp3) is 0.448. The number of phenols is 1. The van der Waals surface area contributed by atoms with E-state index < -0.39 is 17.7 Å². The molecule has 1 heterocycles. The Hall–Kier alpha value is -3.32. The monoisotopic (exact) mass is 495 g/mol. The van der Waals surface area contributed by atoms with Crippen molar-refractivity contribution in [3.63, 3.8) is 0 Å². The van der Waals surface area contributed by atoms with Crippen molar-refractivity contribution in [2.75, 3.05) is 19.8 Å². The molecule has 2 aromatic rings. The van der Waals surface area contributed by atoms with E-state index >= 15 is 0 Å². The molecule has 1 fully saturated rings. The first-order valence-corrected chi connectivity index (χ1v) is 12.4. The fourth-order valence-corrected chi connectivity index (χ4v) is 4.41. The standard InChI is InChI=1S/C29H37NO6/c1-7-35-23-13-12-20(17-22(23)29(4,5)6)26(32)24-25(19-10-8-11-21(31)16-19)30(28(34)27(24)33)14-9-15-36-18(2)3/h8,10-13,16-18,25,31-32H,7,9,14-15H2,1-6H3/b26-24-. The minimum atomic E-state index is -0.833. The zero-order valence-corrected chi connectivity index (χ0v) is 22.0. The Morgan fingerprint density at radius 1 is 1.11 bits per heavy atom. The van der Waals surface area contributed by atoms with Gasteiger partial charge in [-0.3, -0.25) is 9.59 Å². The van der Waals surface area contributed by atoms with E-state index in [0.29, 0.717) is 36.5 Å². The second-order valence-electron chi connectivity index (χ2n) is 10.3. The first-order valence-electron chi connectivity index (χ1n) is 12.4. The highest BCUT2D eigenvalue weighted by molar-refractivity contribution is 6.46. The van der Waals surface area contributed by atoms with Gasteiger partial charge in [-0.2, -0.15) is 0 Å². The number of aromatic hydroxyl groups is 1.